The van der Waals surface area contributed by atoms with Gasteiger partial charge < -0.3 is 5.11 Å². The normalized spacial score (nSPS) is 10.2. The molecule has 0 saturated carbocycles. The zero-order valence-electron chi connectivity index (χ0n) is 9.86. The monoisotopic (exact) mass is 239 g/mol. The second-order valence-electron chi connectivity index (χ2n) is 3.59. The summed E-state index contributed by atoms with van der Waals surface area (Å²) in [6, 6.07) is 5.76. The van der Waals surface area contributed by atoms with Crippen molar-refractivity contribution in [2.45, 2.75) is 25.2 Å². The number of amides is 1. The first kappa shape index (κ1) is 12.9. The molecular formula is C12H17NO2S. The van der Waals surface area contributed by atoms with Crippen LogP contribution in [0.15, 0.2) is 23.1 Å². The van der Waals surface area contributed by atoms with E-state index in [9.17, 15) is 4.79 Å². The number of nitrogens with zero attached hydrogens (tertiary/aromatic N) is 1. The van der Waals surface area contributed by atoms with Gasteiger partial charge >= 0.3 is 6.09 Å². The van der Waals surface area contributed by atoms with Crippen LogP contribution in [0.4, 0.5) is 10.5 Å². The molecule has 88 valence electrons. The third-order valence-corrected chi connectivity index (χ3v) is 3.27. The molecule has 0 radical (unpaired) electrons. The van der Waals surface area contributed by atoms with Gasteiger partial charge in [0.15, 0.2) is 0 Å². The van der Waals surface area contributed by atoms with E-state index in [1.165, 1.54) is 9.80 Å². The van der Waals surface area contributed by atoms with Crippen molar-refractivity contribution < 1.29 is 9.90 Å². The van der Waals surface area contributed by atoms with E-state index >= 15 is 0 Å². The largest absolute Gasteiger partial charge is 0.465 e. The number of rotatable bonds is 4. The number of thioether (sulfide) groups is 1. The molecule has 1 N–H and O–H groups in total. The first-order valence-corrected chi connectivity index (χ1v) is 6.47. The molecule has 0 fully saturated rings. The minimum Gasteiger partial charge on any atom is -0.465 e. The molecular weight excluding hydrogens is 222 g/mol. The first-order chi connectivity index (χ1) is 7.60. The molecule has 4 heteroatoms. The van der Waals surface area contributed by atoms with Crippen LogP contribution in [-0.2, 0) is 0 Å². The van der Waals surface area contributed by atoms with Gasteiger partial charge in [0.25, 0.3) is 0 Å². The quantitative estimate of drug-likeness (QED) is 0.816. The zero-order chi connectivity index (χ0) is 12.1. The first-order valence-electron chi connectivity index (χ1n) is 5.25. The van der Waals surface area contributed by atoms with Crippen LogP contribution in [-0.4, -0.2) is 24.0 Å². The number of carboxylic acid groups (broad SMARTS) is 1. The van der Waals surface area contributed by atoms with Crippen LogP contribution >= 0.6 is 11.8 Å². The van der Waals surface area contributed by atoms with Gasteiger partial charge in [-0.15, -0.1) is 11.8 Å². The Morgan fingerprint density at radius 3 is 2.62 bits per heavy atom. The van der Waals surface area contributed by atoms with E-state index in [-0.39, 0.29) is 0 Å². The smallest absolute Gasteiger partial charge is 0.411 e. The van der Waals surface area contributed by atoms with Crippen molar-refractivity contribution in [2.24, 2.45) is 0 Å². The van der Waals surface area contributed by atoms with E-state index in [2.05, 4.69) is 0 Å². The highest BCUT2D eigenvalue weighted by molar-refractivity contribution is 7.98. The lowest BCUT2D eigenvalue weighted by atomic mass is 10.2. The molecule has 0 aliphatic heterocycles. The van der Waals surface area contributed by atoms with Crippen molar-refractivity contribution >= 4 is 23.5 Å². The van der Waals surface area contributed by atoms with Gasteiger partial charge in [-0.05, 0) is 43.4 Å². The van der Waals surface area contributed by atoms with Gasteiger partial charge in [-0.1, -0.05) is 6.92 Å². The Bertz CT molecular complexity index is 379. The highest BCUT2D eigenvalue weighted by Gasteiger charge is 2.13. The summed E-state index contributed by atoms with van der Waals surface area (Å²) in [5.41, 5.74) is 1.87. The molecule has 0 saturated heterocycles. The molecule has 0 aliphatic carbocycles. The predicted octanol–water partition coefficient (Wildman–Crippen LogP) is 3.61. The number of aryl methyl sites for hydroxylation is 1. The molecule has 1 aromatic rings. The highest BCUT2D eigenvalue weighted by atomic mass is 32.2. The van der Waals surface area contributed by atoms with Crippen LogP contribution < -0.4 is 4.90 Å². The third-order valence-electron chi connectivity index (χ3n) is 2.37. The van der Waals surface area contributed by atoms with Crippen molar-refractivity contribution in [3.63, 3.8) is 0 Å². The molecule has 0 heterocycles. The lowest BCUT2D eigenvalue weighted by Gasteiger charge is -2.19. The van der Waals surface area contributed by atoms with Crippen molar-refractivity contribution in [1.82, 2.24) is 0 Å². The van der Waals surface area contributed by atoms with Crippen molar-refractivity contribution in [3.8, 4) is 0 Å². The van der Waals surface area contributed by atoms with Gasteiger partial charge in [0.2, 0.25) is 0 Å². The molecule has 1 rings (SSSR count). The fourth-order valence-electron chi connectivity index (χ4n) is 1.59. The average molecular weight is 239 g/mol. The van der Waals surface area contributed by atoms with Gasteiger partial charge in [-0.3, -0.25) is 4.90 Å². The molecule has 16 heavy (non-hydrogen) atoms. The van der Waals surface area contributed by atoms with E-state index in [0.717, 1.165) is 17.7 Å². The number of hydrogen-bond donors (Lipinski definition) is 1. The molecule has 1 aromatic carbocycles. The maximum atomic E-state index is 11.1. The van der Waals surface area contributed by atoms with Gasteiger partial charge in [0.1, 0.15) is 0 Å². The molecule has 3 nitrogen and oxygen atoms in total. The van der Waals surface area contributed by atoms with Crippen LogP contribution in [0.25, 0.3) is 0 Å². The molecule has 0 aromatic heterocycles. The van der Waals surface area contributed by atoms with Crippen molar-refractivity contribution in [2.75, 3.05) is 17.7 Å². The van der Waals surface area contributed by atoms with Gasteiger partial charge in [-0.2, -0.15) is 0 Å². The Balaban J connectivity index is 3.01. The fourth-order valence-corrected chi connectivity index (χ4v) is 2.17. The second kappa shape index (κ2) is 5.80. The average Bonchev–Trinajstić information content (AvgIpc) is 2.25. The summed E-state index contributed by atoms with van der Waals surface area (Å²) in [5, 5.41) is 9.10. The van der Waals surface area contributed by atoms with Gasteiger partial charge in [0, 0.05) is 17.1 Å². The molecule has 0 atom stereocenters. The Morgan fingerprint density at radius 1 is 1.50 bits per heavy atom. The molecule has 0 aliphatic rings. The second-order valence-corrected chi connectivity index (χ2v) is 4.44. The van der Waals surface area contributed by atoms with Crippen LogP contribution in [0.2, 0.25) is 0 Å². The van der Waals surface area contributed by atoms with E-state index in [1.807, 2.05) is 38.3 Å². The zero-order valence-corrected chi connectivity index (χ0v) is 10.7. The van der Waals surface area contributed by atoms with E-state index in [0.29, 0.717) is 6.54 Å². The standard InChI is InChI=1S/C12H17NO2S/c1-4-7-13(12(14)15)10-5-6-11(16-3)9(2)8-10/h5-6,8H,4,7H2,1-3H3,(H,14,15). The number of benzene rings is 1. The summed E-state index contributed by atoms with van der Waals surface area (Å²) >= 11 is 1.67. The summed E-state index contributed by atoms with van der Waals surface area (Å²) in [4.78, 5) is 13.6. The third kappa shape index (κ3) is 2.92. The summed E-state index contributed by atoms with van der Waals surface area (Å²) in [6.45, 7) is 4.51. The topological polar surface area (TPSA) is 40.5 Å². The maximum Gasteiger partial charge on any atom is 0.411 e. The van der Waals surface area contributed by atoms with Crippen LogP contribution in [0.3, 0.4) is 0 Å². The Morgan fingerprint density at radius 2 is 2.19 bits per heavy atom. The Labute approximate surface area is 100 Å². The van der Waals surface area contributed by atoms with E-state index < -0.39 is 6.09 Å². The summed E-state index contributed by atoms with van der Waals surface area (Å²) in [5.74, 6) is 0. The van der Waals surface area contributed by atoms with E-state index in [4.69, 9.17) is 5.11 Å². The Kier molecular flexibility index (Phi) is 4.68. The number of anilines is 1. The van der Waals surface area contributed by atoms with Gasteiger partial charge in [-0.25, -0.2) is 4.79 Å². The van der Waals surface area contributed by atoms with Crippen LogP contribution in [0.1, 0.15) is 18.9 Å². The van der Waals surface area contributed by atoms with E-state index in [1.54, 1.807) is 11.8 Å². The van der Waals surface area contributed by atoms with Gasteiger partial charge in [0.05, 0.1) is 0 Å². The highest BCUT2D eigenvalue weighted by Crippen LogP contribution is 2.25. The SMILES string of the molecule is CCCN(C(=O)O)c1ccc(SC)c(C)c1. The van der Waals surface area contributed by atoms with Crippen LogP contribution in [0.5, 0.6) is 0 Å². The van der Waals surface area contributed by atoms with Crippen molar-refractivity contribution in [1.29, 1.82) is 0 Å². The summed E-state index contributed by atoms with van der Waals surface area (Å²) < 4.78 is 0. The molecule has 0 unspecified atom stereocenters. The number of hydrogen-bond acceptors (Lipinski definition) is 2. The van der Waals surface area contributed by atoms with Crippen LogP contribution in [0, 0.1) is 6.92 Å². The summed E-state index contributed by atoms with van der Waals surface area (Å²) in [6.07, 6.45) is 1.94. The number of carbonyl (C=O) groups is 1. The molecule has 1 amide bonds. The predicted molar refractivity (Wildman–Crippen MR) is 68.6 cm³/mol. The fraction of sp³-hybridized carbons (Fsp3) is 0.417. The van der Waals surface area contributed by atoms with Crippen molar-refractivity contribution in [3.05, 3.63) is 23.8 Å². The lowest BCUT2D eigenvalue weighted by molar-refractivity contribution is 0.202. The molecule has 0 spiro atoms. The minimum absolute atomic E-state index is 0.535. The minimum atomic E-state index is -0.891. The summed E-state index contributed by atoms with van der Waals surface area (Å²) in [7, 11) is 0. The molecule has 0 bridgehead atoms. The maximum absolute atomic E-state index is 11.1. The lowest BCUT2D eigenvalue weighted by Crippen LogP contribution is -2.29. The Hall–Kier alpha value is -1.16.